The van der Waals surface area contributed by atoms with Gasteiger partial charge in [-0.15, -0.1) is 6.42 Å². The Bertz CT molecular complexity index is 625. The van der Waals surface area contributed by atoms with Gasteiger partial charge in [-0.2, -0.15) is 0 Å². The van der Waals surface area contributed by atoms with E-state index in [0.29, 0.717) is 18.8 Å². The maximum absolute atomic E-state index is 12.2. The van der Waals surface area contributed by atoms with Crippen molar-refractivity contribution >= 4 is 23.3 Å². The molecule has 0 amide bonds. The number of carbonyl (C=O) groups is 2. The summed E-state index contributed by atoms with van der Waals surface area (Å²) in [6.45, 7) is 6.23. The molecule has 1 aromatic rings. The Balaban J connectivity index is 2.86. The molecule has 0 aliphatic rings. The molecule has 0 unspecified atom stereocenters. The quantitative estimate of drug-likeness (QED) is 0.495. The summed E-state index contributed by atoms with van der Waals surface area (Å²) >= 11 is 0. The van der Waals surface area contributed by atoms with Crippen LogP contribution in [-0.2, 0) is 19.1 Å². The first kappa shape index (κ1) is 20.3. The highest BCUT2D eigenvalue weighted by Crippen LogP contribution is 2.20. The molecule has 0 saturated heterocycles. The van der Waals surface area contributed by atoms with E-state index in [4.69, 9.17) is 15.9 Å². The zero-order valence-corrected chi connectivity index (χ0v) is 14.9. The van der Waals surface area contributed by atoms with Crippen molar-refractivity contribution in [2.24, 2.45) is 0 Å². The fraction of sp³-hybridized carbons (Fsp3) is 0.500. The molecule has 0 fully saturated rings. The molecule has 136 valence electrons. The van der Waals surface area contributed by atoms with Gasteiger partial charge in [0.1, 0.15) is 6.04 Å². The van der Waals surface area contributed by atoms with Crippen LogP contribution in [0.25, 0.3) is 0 Å². The molecule has 0 saturated carbocycles. The smallest absolute Gasteiger partial charge is 0.328 e. The first-order valence-electron chi connectivity index (χ1n) is 8.24. The van der Waals surface area contributed by atoms with Crippen molar-refractivity contribution < 1.29 is 19.1 Å². The number of rotatable bonds is 10. The number of nitrogens with zero attached hydrogens (tertiary/aromatic N) is 1. The van der Waals surface area contributed by atoms with E-state index in [-0.39, 0.29) is 25.4 Å². The van der Waals surface area contributed by atoms with Crippen LogP contribution in [0.4, 0.5) is 11.4 Å². The number of pyridine rings is 1. The maximum atomic E-state index is 12.2. The van der Waals surface area contributed by atoms with Gasteiger partial charge in [-0.1, -0.05) is 5.92 Å². The van der Waals surface area contributed by atoms with Gasteiger partial charge in [0.25, 0.3) is 0 Å². The number of aryl methyl sites for hydroxylation is 1. The Kier molecular flexibility index (Phi) is 8.86. The Hall–Kier alpha value is -2.75. The highest BCUT2D eigenvalue weighted by Gasteiger charge is 2.22. The fourth-order valence-corrected chi connectivity index (χ4v) is 2.10. The van der Waals surface area contributed by atoms with Crippen molar-refractivity contribution in [1.82, 2.24) is 4.98 Å². The standard InChI is InChI=1S/C18H25N3O4/c1-5-10-19-14-11-16(13(4)20-12-14)21-15(18(23)25-7-3)8-9-17(22)24-6-2/h1,11-12,15,19,21H,6-10H2,2-4H3/t15-/m0/s1. The lowest BCUT2D eigenvalue weighted by Gasteiger charge is -2.19. The molecular weight excluding hydrogens is 322 g/mol. The van der Waals surface area contributed by atoms with Crippen molar-refractivity contribution in [2.75, 3.05) is 30.4 Å². The highest BCUT2D eigenvalue weighted by atomic mass is 16.5. The second kappa shape index (κ2) is 10.9. The van der Waals surface area contributed by atoms with Gasteiger partial charge in [0.05, 0.1) is 43.0 Å². The van der Waals surface area contributed by atoms with E-state index in [0.717, 1.165) is 11.4 Å². The first-order chi connectivity index (χ1) is 12.0. The van der Waals surface area contributed by atoms with Crippen molar-refractivity contribution in [1.29, 1.82) is 0 Å². The van der Waals surface area contributed by atoms with E-state index in [1.54, 1.807) is 20.0 Å². The van der Waals surface area contributed by atoms with E-state index in [9.17, 15) is 9.59 Å². The molecule has 25 heavy (non-hydrogen) atoms. The van der Waals surface area contributed by atoms with Gasteiger partial charge in [0.15, 0.2) is 0 Å². The third-order valence-corrected chi connectivity index (χ3v) is 3.32. The third kappa shape index (κ3) is 7.12. The topological polar surface area (TPSA) is 89.5 Å². The summed E-state index contributed by atoms with van der Waals surface area (Å²) in [4.78, 5) is 28.0. The minimum Gasteiger partial charge on any atom is -0.466 e. The Morgan fingerprint density at radius 1 is 1.32 bits per heavy atom. The second-order valence-corrected chi connectivity index (χ2v) is 5.21. The van der Waals surface area contributed by atoms with Crippen LogP contribution >= 0.6 is 0 Å². The minimum absolute atomic E-state index is 0.117. The Morgan fingerprint density at radius 2 is 2.04 bits per heavy atom. The molecule has 2 N–H and O–H groups in total. The van der Waals surface area contributed by atoms with Crippen LogP contribution in [0.3, 0.4) is 0 Å². The number of hydrogen-bond donors (Lipinski definition) is 2. The van der Waals surface area contributed by atoms with Crippen LogP contribution in [0.2, 0.25) is 0 Å². The molecule has 0 aromatic carbocycles. The third-order valence-electron chi connectivity index (χ3n) is 3.32. The molecule has 7 heteroatoms. The van der Waals surface area contributed by atoms with Crippen molar-refractivity contribution in [3.05, 3.63) is 18.0 Å². The Labute approximate surface area is 148 Å². The van der Waals surface area contributed by atoms with Gasteiger partial charge in [-0.05, 0) is 33.3 Å². The number of anilines is 2. The lowest BCUT2D eigenvalue weighted by atomic mass is 10.1. The molecule has 1 heterocycles. The molecule has 0 aliphatic heterocycles. The molecule has 0 bridgehead atoms. The van der Waals surface area contributed by atoms with Crippen LogP contribution in [0.1, 0.15) is 32.4 Å². The number of esters is 2. The van der Waals surface area contributed by atoms with Gasteiger partial charge in [-0.25, -0.2) is 4.79 Å². The van der Waals surface area contributed by atoms with Crippen LogP contribution in [0.15, 0.2) is 12.3 Å². The van der Waals surface area contributed by atoms with Crippen molar-refractivity contribution in [2.45, 2.75) is 39.7 Å². The summed E-state index contributed by atoms with van der Waals surface area (Å²) < 4.78 is 10.00. The predicted molar refractivity (Wildman–Crippen MR) is 96.2 cm³/mol. The van der Waals surface area contributed by atoms with Gasteiger partial charge < -0.3 is 20.1 Å². The molecule has 0 spiro atoms. The molecule has 0 aliphatic carbocycles. The molecule has 1 atom stereocenters. The molecule has 1 aromatic heterocycles. The van der Waals surface area contributed by atoms with Crippen LogP contribution in [0.5, 0.6) is 0 Å². The second-order valence-electron chi connectivity index (χ2n) is 5.21. The normalized spacial score (nSPS) is 11.1. The number of hydrogen-bond acceptors (Lipinski definition) is 7. The predicted octanol–water partition coefficient (Wildman–Crippen LogP) is 2.12. The lowest BCUT2D eigenvalue weighted by Crippen LogP contribution is -2.32. The average molecular weight is 347 g/mol. The van der Waals surface area contributed by atoms with Gasteiger partial charge in [0.2, 0.25) is 0 Å². The SMILES string of the molecule is C#CCNc1cnc(C)c(N[C@@H](CCC(=O)OCC)C(=O)OCC)c1. The minimum atomic E-state index is -0.673. The number of nitrogens with one attached hydrogen (secondary N) is 2. The zero-order valence-electron chi connectivity index (χ0n) is 14.9. The summed E-state index contributed by atoms with van der Waals surface area (Å²) in [6.07, 6.45) is 7.28. The monoisotopic (exact) mass is 347 g/mol. The summed E-state index contributed by atoms with van der Waals surface area (Å²) in [5.41, 5.74) is 2.12. The van der Waals surface area contributed by atoms with Gasteiger partial charge >= 0.3 is 11.9 Å². The number of ether oxygens (including phenoxy) is 2. The van der Waals surface area contributed by atoms with E-state index in [1.807, 2.05) is 13.0 Å². The zero-order chi connectivity index (χ0) is 18.7. The van der Waals surface area contributed by atoms with Crippen LogP contribution in [-0.4, -0.2) is 42.7 Å². The summed E-state index contributed by atoms with van der Waals surface area (Å²) in [5.74, 6) is 1.71. The molecule has 7 nitrogen and oxygen atoms in total. The summed E-state index contributed by atoms with van der Waals surface area (Å²) in [7, 11) is 0. The van der Waals surface area contributed by atoms with Crippen LogP contribution in [0, 0.1) is 19.3 Å². The maximum Gasteiger partial charge on any atom is 0.328 e. The van der Waals surface area contributed by atoms with Crippen molar-refractivity contribution in [3.63, 3.8) is 0 Å². The summed E-state index contributed by atoms with van der Waals surface area (Å²) in [6, 6.07) is 1.14. The van der Waals surface area contributed by atoms with E-state index >= 15 is 0 Å². The van der Waals surface area contributed by atoms with E-state index < -0.39 is 12.0 Å². The van der Waals surface area contributed by atoms with Gasteiger partial charge in [-0.3, -0.25) is 9.78 Å². The Morgan fingerprint density at radius 3 is 2.68 bits per heavy atom. The number of aromatic nitrogens is 1. The highest BCUT2D eigenvalue weighted by molar-refractivity contribution is 5.81. The molecule has 0 radical (unpaired) electrons. The number of terminal acetylenes is 1. The molecule has 1 rings (SSSR count). The summed E-state index contributed by atoms with van der Waals surface area (Å²) in [5, 5.41) is 6.14. The van der Waals surface area contributed by atoms with E-state index in [2.05, 4.69) is 21.5 Å². The fourth-order valence-electron chi connectivity index (χ4n) is 2.10. The van der Waals surface area contributed by atoms with Gasteiger partial charge in [0, 0.05) is 6.42 Å². The van der Waals surface area contributed by atoms with Crippen molar-refractivity contribution in [3.8, 4) is 12.3 Å². The van der Waals surface area contributed by atoms with E-state index in [1.165, 1.54) is 0 Å². The first-order valence-corrected chi connectivity index (χ1v) is 8.24. The largest absolute Gasteiger partial charge is 0.466 e. The molecular formula is C18H25N3O4. The number of carbonyl (C=O) groups excluding carboxylic acids is 2. The lowest BCUT2D eigenvalue weighted by molar-refractivity contribution is -0.145. The average Bonchev–Trinajstić information content (AvgIpc) is 2.59. The van der Waals surface area contributed by atoms with Crippen LogP contribution < -0.4 is 10.6 Å².